The van der Waals surface area contributed by atoms with Crippen molar-refractivity contribution in [3.8, 4) is 5.75 Å². The Bertz CT molecular complexity index is 916. The van der Waals surface area contributed by atoms with Crippen molar-refractivity contribution < 1.29 is 21.8 Å². The predicted molar refractivity (Wildman–Crippen MR) is 102 cm³/mol. The van der Waals surface area contributed by atoms with Crippen molar-refractivity contribution >= 4 is 27.6 Å². The van der Waals surface area contributed by atoms with Gasteiger partial charge in [-0.15, -0.1) is 0 Å². The maximum Gasteiger partial charge on any atom is 0.339 e. The summed E-state index contributed by atoms with van der Waals surface area (Å²) in [4.78, 5) is 13.4. The summed E-state index contributed by atoms with van der Waals surface area (Å²) in [7, 11) is -4.16. The fourth-order valence-electron chi connectivity index (χ4n) is 2.50. The Kier molecular flexibility index (Phi) is 6.84. The van der Waals surface area contributed by atoms with Crippen LogP contribution in [0.1, 0.15) is 32.8 Å². The molecule has 27 heavy (non-hydrogen) atoms. The average Bonchev–Trinajstić information content (AvgIpc) is 2.61. The van der Waals surface area contributed by atoms with Crippen molar-refractivity contribution in [1.82, 2.24) is 4.90 Å². The van der Waals surface area contributed by atoms with E-state index in [2.05, 4.69) is 0 Å². The van der Waals surface area contributed by atoms with Crippen molar-refractivity contribution in [2.45, 2.75) is 44.7 Å². The van der Waals surface area contributed by atoms with E-state index in [1.807, 2.05) is 13.8 Å². The van der Waals surface area contributed by atoms with E-state index in [1.54, 1.807) is 11.0 Å². The summed E-state index contributed by atoms with van der Waals surface area (Å²) in [5.41, 5.74) is 0.462. The Labute approximate surface area is 163 Å². The Morgan fingerprint density at radius 2 is 1.85 bits per heavy atom. The SMILES string of the molecule is CC[C@H](C)N(Cc1cc(Cl)ccc1OS(=O)(=O)c1ccc(F)cc1)C(C)=O. The molecule has 0 saturated carbocycles. The van der Waals surface area contributed by atoms with Crippen LogP contribution in [0.5, 0.6) is 5.75 Å². The number of nitrogens with zero attached hydrogens (tertiary/aromatic N) is 1. The first-order valence-corrected chi connectivity index (χ1v) is 10.2. The van der Waals surface area contributed by atoms with E-state index in [0.717, 1.165) is 30.7 Å². The predicted octanol–water partition coefficient (Wildman–Crippen LogP) is 4.39. The molecule has 0 aliphatic rings. The monoisotopic (exact) mass is 413 g/mol. The van der Waals surface area contributed by atoms with Crippen molar-refractivity contribution in [2.24, 2.45) is 0 Å². The molecule has 0 spiro atoms. The molecule has 0 N–H and O–H groups in total. The molecule has 0 saturated heterocycles. The van der Waals surface area contributed by atoms with Crippen LogP contribution in [0.2, 0.25) is 5.02 Å². The number of halogens is 2. The second-order valence-corrected chi connectivity index (χ2v) is 8.13. The lowest BCUT2D eigenvalue weighted by Crippen LogP contribution is -2.36. The molecule has 0 bridgehead atoms. The zero-order chi connectivity index (χ0) is 20.2. The zero-order valence-corrected chi connectivity index (χ0v) is 16.8. The van der Waals surface area contributed by atoms with Gasteiger partial charge in [-0.1, -0.05) is 18.5 Å². The number of carbonyl (C=O) groups excluding carboxylic acids is 1. The molecule has 5 nitrogen and oxygen atoms in total. The molecule has 0 aliphatic heterocycles. The first kappa shape index (κ1) is 21.2. The Morgan fingerprint density at radius 1 is 1.22 bits per heavy atom. The molecule has 146 valence electrons. The van der Waals surface area contributed by atoms with Gasteiger partial charge in [0.15, 0.2) is 0 Å². The summed E-state index contributed by atoms with van der Waals surface area (Å²) in [6.45, 7) is 5.46. The van der Waals surface area contributed by atoms with Crippen LogP contribution in [-0.4, -0.2) is 25.3 Å². The van der Waals surface area contributed by atoms with E-state index in [-0.39, 0.29) is 29.1 Å². The highest BCUT2D eigenvalue weighted by molar-refractivity contribution is 7.87. The molecule has 0 heterocycles. The molecule has 1 atom stereocenters. The molecule has 0 fully saturated rings. The van der Waals surface area contributed by atoms with Gasteiger partial charge in [0.2, 0.25) is 5.91 Å². The number of amides is 1. The van der Waals surface area contributed by atoms with Crippen molar-refractivity contribution in [2.75, 3.05) is 0 Å². The van der Waals surface area contributed by atoms with Gasteiger partial charge in [-0.05, 0) is 55.8 Å². The number of benzene rings is 2. The van der Waals surface area contributed by atoms with Crippen LogP contribution in [0, 0.1) is 5.82 Å². The molecule has 2 rings (SSSR count). The third-order valence-corrected chi connectivity index (χ3v) is 5.68. The number of hydrogen-bond donors (Lipinski definition) is 0. The first-order chi connectivity index (χ1) is 12.6. The molecule has 2 aromatic carbocycles. The van der Waals surface area contributed by atoms with Gasteiger partial charge in [0.1, 0.15) is 16.5 Å². The fraction of sp³-hybridized carbons (Fsp3) is 0.316. The summed E-state index contributed by atoms with van der Waals surface area (Å²) in [5, 5.41) is 0.393. The van der Waals surface area contributed by atoms with Crippen LogP contribution in [-0.2, 0) is 21.5 Å². The fourth-order valence-corrected chi connectivity index (χ4v) is 3.66. The van der Waals surface area contributed by atoms with Crippen LogP contribution >= 0.6 is 11.6 Å². The van der Waals surface area contributed by atoms with Gasteiger partial charge >= 0.3 is 10.1 Å². The van der Waals surface area contributed by atoms with Crippen LogP contribution in [0.3, 0.4) is 0 Å². The third-order valence-electron chi connectivity index (χ3n) is 4.19. The number of carbonyl (C=O) groups is 1. The molecular weight excluding hydrogens is 393 g/mol. The highest BCUT2D eigenvalue weighted by atomic mass is 35.5. The van der Waals surface area contributed by atoms with E-state index >= 15 is 0 Å². The number of rotatable bonds is 7. The van der Waals surface area contributed by atoms with Gasteiger partial charge < -0.3 is 9.08 Å². The van der Waals surface area contributed by atoms with Gasteiger partial charge in [0.25, 0.3) is 0 Å². The van der Waals surface area contributed by atoms with Gasteiger partial charge in [-0.3, -0.25) is 4.79 Å². The minimum atomic E-state index is -4.16. The number of hydrogen-bond acceptors (Lipinski definition) is 4. The molecule has 8 heteroatoms. The maximum absolute atomic E-state index is 13.1. The smallest absolute Gasteiger partial charge is 0.339 e. The maximum atomic E-state index is 13.1. The lowest BCUT2D eigenvalue weighted by molar-refractivity contribution is -0.131. The summed E-state index contributed by atoms with van der Waals surface area (Å²) in [5.74, 6) is -0.623. The van der Waals surface area contributed by atoms with E-state index in [4.69, 9.17) is 15.8 Å². The van der Waals surface area contributed by atoms with Crippen molar-refractivity contribution in [3.63, 3.8) is 0 Å². The van der Waals surface area contributed by atoms with Crippen LogP contribution in [0.25, 0.3) is 0 Å². The van der Waals surface area contributed by atoms with E-state index in [1.165, 1.54) is 19.1 Å². The normalized spacial score (nSPS) is 12.5. The van der Waals surface area contributed by atoms with E-state index in [0.29, 0.717) is 10.6 Å². The topological polar surface area (TPSA) is 63.7 Å². The summed E-state index contributed by atoms with van der Waals surface area (Å²) >= 11 is 6.05. The summed E-state index contributed by atoms with van der Waals surface area (Å²) < 4.78 is 43.3. The van der Waals surface area contributed by atoms with Crippen molar-refractivity contribution in [3.05, 3.63) is 58.9 Å². The Hall–Kier alpha value is -2.12. The minimum absolute atomic E-state index is 0.0389. The van der Waals surface area contributed by atoms with Gasteiger partial charge in [-0.25, -0.2) is 4.39 Å². The largest absolute Gasteiger partial charge is 0.379 e. The highest BCUT2D eigenvalue weighted by Gasteiger charge is 2.22. The first-order valence-electron chi connectivity index (χ1n) is 8.39. The Morgan fingerprint density at radius 3 is 2.41 bits per heavy atom. The highest BCUT2D eigenvalue weighted by Crippen LogP contribution is 2.28. The van der Waals surface area contributed by atoms with E-state index in [9.17, 15) is 17.6 Å². The van der Waals surface area contributed by atoms with Crippen LogP contribution in [0.4, 0.5) is 4.39 Å². The van der Waals surface area contributed by atoms with Crippen LogP contribution < -0.4 is 4.18 Å². The molecule has 1 amide bonds. The standard InChI is InChI=1S/C19H21ClFNO4S/c1-4-13(2)22(14(3)23)12-15-11-16(20)5-10-19(15)26-27(24,25)18-8-6-17(21)7-9-18/h5-11,13H,4,12H2,1-3H3/t13-/m0/s1. The second-order valence-electron chi connectivity index (χ2n) is 6.15. The lowest BCUT2D eigenvalue weighted by atomic mass is 10.1. The Balaban J connectivity index is 2.37. The minimum Gasteiger partial charge on any atom is -0.379 e. The molecule has 0 unspecified atom stereocenters. The summed E-state index contributed by atoms with van der Waals surface area (Å²) in [6.07, 6.45) is 0.740. The van der Waals surface area contributed by atoms with Gasteiger partial charge in [-0.2, -0.15) is 8.42 Å². The third kappa shape index (κ3) is 5.43. The van der Waals surface area contributed by atoms with Crippen molar-refractivity contribution in [1.29, 1.82) is 0 Å². The zero-order valence-electron chi connectivity index (χ0n) is 15.3. The van der Waals surface area contributed by atoms with Gasteiger partial charge in [0, 0.05) is 30.1 Å². The summed E-state index contributed by atoms with van der Waals surface area (Å²) in [6, 6.07) is 8.80. The van der Waals surface area contributed by atoms with Crippen LogP contribution in [0.15, 0.2) is 47.4 Å². The molecule has 2 aromatic rings. The quantitative estimate of drug-likeness (QED) is 0.631. The lowest BCUT2D eigenvalue weighted by Gasteiger charge is -2.28. The van der Waals surface area contributed by atoms with Gasteiger partial charge in [0.05, 0.1) is 0 Å². The molecular formula is C19H21ClFNO4S. The average molecular weight is 414 g/mol. The second kappa shape index (κ2) is 8.71. The van der Waals surface area contributed by atoms with E-state index < -0.39 is 15.9 Å². The molecule has 0 aliphatic carbocycles. The molecule has 0 radical (unpaired) electrons. The molecule has 0 aromatic heterocycles.